The second kappa shape index (κ2) is 4.42. The Balaban J connectivity index is 3.10. The van der Waals surface area contributed by atoms with Gasteiger partial charge in [-0.2, -0.15) is 0 Å². The molecule has 0 aromatic heterocycles. The van der Waals surface area contributed by atoms with Gasteiger partial charge in [0.2, 0.25) is 0 Å². The summed E-state index contributed by atoms with van der Waals surface area (Å²) in [5, 5.41) is 0. The van der Waals surface area contributed by atoms with E-state index in [2.05, 4.69) is 26.2 Å². The highest BCUT2D eigenvalue weighted by Crippen LogP contribution is 2.29. The maximum absolute atomic E-state index is 13.0. The van der Waals surface area contributed by atoms with Crippen molar-refractivity contribution in [3.8, 4) is 0 Å². The van der Waals surface area contributed by atoms with Crippen molar-refractivity contribution in [2.45, 2.75) is 26.7 Å². The third-order valence-corrected chi connectivity index (χ3v) is 2.66. The molecule has 0 spiro atoms. The Kier molecular flexibility index (Phi) is 3.47. The molecular formula is C11H17FN2. The van der Waals surface area contributed by atoms with Crippen LogP contribution in [0, 0.1) is 11.7 Å². The Bertz CT molecular complexity index is 310. The molecule has 0 fully saturated rings. The van der Waals surface area contributed by atoms with Gasteiger partial charge in [0.05, 0.1) is 5.69 Å². The first-order valence-corrected chi connectivity index (χ1v) is 4.82. The SMILES string of the molecule is CC(C)C(C)c1cc(F)ccc1NN. The van der Waals surface area contributed by atoms with E-state index in [0.29, 0.717) is 5.92 Å². The highest BCUT2D eigenvalue weighted by Gasteiger charge is 2.14. The second-order valence-electron chi connectivity index (χ2n) is 3.91. The van der Waals surface area contributed by atoms with Crippen molar-refractivity contribution in [3.63, 3.8) is 0 Å². The number of nitrogen functional groups attached to an aromatic ring is 1. The zero-order valence-corrected chi connectivity index (χ0v) is 8.84. The summed E-state index contributed by atoms with van der Waals surface area (Å²) in [6.07, 6.45) is 0. The number of nitrogens with two attached hydrogens (primary N) is 1. The van der Waals surface area contributed by atoms with Crippen LogP contribution in [0.5, 0.6) is 0 Å². The van der Waals surface area contributed by atoms with Crippen molar-refractivity contribution in [3.05, 3.63) is 29.6 Å². The Hall–Kier alpha value is -1.09. The monoisotopic (exact) mass is 196 g/mol. The van der Waals surface area contributed by atoms with Gasteiger partial charge in [0.15, 0.2) is 0 Å². The molecule has 0 saturated carbocycles. The molecule has 14 heavy (non-hydrogen) atoms. The summed E-state index contributed by atoms with van der Waals surface area (Å²) in [5.74, 6) is 5.90. The first-order chi connectivity index (χ1) is 6.56. The summed E-state index contributed by atoms with van der Waals surface area (Å²) in [7, 11) is 0. The number of hydrogen-bond acceptors (Lipinski definition) is 2. The Morgan fingerprint density at radius 1 is 1.29 bits per heavy atom. The highest BCUT2D eigenvalue weighted by molar-refractivity contribution is 5.52. The van der Waals surface area contributed by atoms with Crippen LogP contribution in [0.4, 0.5) is 10.1 Å². The minimum absolute atomic E-state index is 0.216. The zero-order valence-electron chi connectivity index (χ0n) is 8.84. The quantitative estimate of drug-likeness (QED) is 0.576. The number of hydrogen-bond donors (Lipinski definition) is 2. The topological polar surface area (TPSA) is 38.0 Å². The van der Waals surface area contributed by atoms with E-state index in [4.69, 9.17) is 5.84 Å². The van der Waals surface area contributed by atoms with Crippen molar-refractivity contribution in [2.75, 3.05) is 5.43 Å². The lowest BCUT2D eigenvalue weighted by molar-refractivity contribution is 0.531. The van der Waals surface area contributed by atoms with E-state index in [1.165, 1.54) is 6.07 Å². The first kappa shape index (κ1) is 11.0. The van der Waals surface area contributed by atoms with E-state index in [1.54, 1.807) is 12.1 Å². The van der Waals surface area contributed by atoms with Crippen LogP contribution in [0.15, 0.2) is 18.2 Å². The molecule has 1 aromatic carbocycles. The van der Waals surface area contributed by atoms with Crippen LogP contribution in [0.1, 0.15) is 32.3 Å². The van der Waals surface area contributed by atoms with Crippen molar-refractivity contribution < 1.29 is 4.39 Å². The number of benzene rings is 1. The summed E-state index contributed by atoms with van der Waals surface area (Å²) < 4.78 is 13.0. The van der Waals surface area contributed by atoms with Crippen LogP contribution in [-0.4, -0.2) is 0 Å². The van der Waals surface area contributed by atoms with Crippen molar-refractivity contribution >= 4 is 5.69 Å². The molecule has 3 heteroatoms. The van der Waals surface area contributed by atoms with Gasteiger partial charge < -0.3 is 5.43 Å². The molecule has 3 N–H and O–H groups in total. The van der Waals surface area contributed by atoms with Gasteiger partial charge in [-0.1, -0.05) is 20.8 Å². The maximum Gasteiger partial charge on any atom is 0.123 e. The summed E-state index contributed by atoms with van der Waals surface area (Å²) in [6, 6.07) is 4.62. The number of anilines is 1. The Labute approximate surface area is 84.3 Å². The van der Waals surface area contributed by atoms with Crippen LogP contribution in [0.25, 0.3) is 0 Å². The molecule has 78 valence electrons. The molecule has 1 aromatic rings. The Morgan fingerprint density at radius 3 is 2.43 bits per heavy atom. The van der Waals surface area contributed by atoms with Crippen LogP contribution in [0.3, 0.4) is 0 Å². The lowest BCUT2D eigenvalue weighted by Gasteiger charge is -2.19. The van der Waals surface area contributed by atoms with Crippen LogP contribution in [0.2, 0.25) is 0 Å². The normalized spacial score (nSPS) is 13.0. The number of hydrazine groups is 1. The minimum Gasteiger partial charge on any atom is -0.324 e. The van der Waals surface area contributed by atoms with Gasteiger partial charge in [0.1, 0.15) is 5.82 Å². The summed E-state index contributed by atoms with van der Waals surface area (Å²) in [5.41, 5.74) is 4.32. The van der Waals surface area contributed by atoms with Crippen LogP contribution < -0.4 is 11.3 Å². The number of rotatable bonds is 3. The third kappa shape index (κ3) is 2.23. The lowest BCUT2D eigenvalue weighted by Crippen LogP contribution is -2.12. The molecule has 1 unspecified atom stereocenters. The standard InChI is InChI=1S/C11H17FN2/c1-7(2)8(3)10-6-9(12)4-5-11(10)14-13/h4-8,14H,13H2,1-3H3. The summed E-state index contributed by atoms with van der Waals surface area (Å²) in [4.78, 5) is 0. The van der Waals surface area contributed by atoms with Gasteiger partial charge >= 0.3 is 0 Å². The third-order valence-electron chi connectivity index (χ3n) is 2.66. The highest BCUT2D eigenvalue weighted by atomic mass is 19.1. The molecular weight excluding hydrogens is 179 g/mol. The number of nitrogens with one attached hydrogen (secondary N) is 1. The molecule has 0 radical (unpaired) electrons. The largest absolute Gasteiger partial charge is 0.324 e. The molecule has 2 nitrogen and oxygen atoms in total. The van der Waals surface area contributed by atoms with E-state index in [1.807, 2.05) is 0 Å². The summed E-state index contributed by atoms with van der Waals surface area (Å²) in [6.45, 7) is 6.28. The predicted octanol–water partition coefficient (Wildman–Crippen LogP) is 2.87. The fraction of sp³-hybridized carbons (Fsp3) is 0.455. The second-order valence-corrected chi connectivity index (χ2v) is 3.91. The lowest BCUT2D eigenvalue weighted by atomic mass is 9.89. The van der Waals surface area contributed by atoms with Gasteiger partial charge in [-0.15, -0.1) is 0 Å². The fourth-order valence-electron chi connectivity index (χ4n) is 1.40. The van der Waals surface area contributed by atoms with Crippen molar-refractivity contribution in [1.82, 2.24) is 0 Å². The first-order valence-electron chi connectivity index (χ1n) is 4.82. The summed E-state index contributed by atoms with van der Waals surface area (Å²) >= 11 is 0. The molecule has 0 heterocycles. The zero-order chi connectivity index (χ0) is 10.7. The van der Waals surface area contributed by atoms with Crippen LogP contribution in [-0.2, 0) is 0 Å². The van der Waals surface area contributed by atoms with Gasteiger partial charge in [-0.3, -0.25) is 5.84 Å². The molecule has 0 amide bonds. The van der Waals surface area contributed by atoms with E-state index < -0.39 is 0 Å². The Morgan fingerprint density at radius 2 is 1.93 bits per heavy atom. The average molecular weight is 196 g/mol. The van der Waals surface area contributed by atoms with Crippen molar-refractivity contribution in [2.24, 2.45) is 11.8 Å². The molecule has 1 atom stereocenters. The van der Waals surface area contributed by atoms with Gasteiger partial charge in [-0.05, 0) is 35.6 Å². The molecule has 0 aliphatic carbocycles. The van der Waals surface area contributed by atoms with Gasteiger partial charge in [0.25, 0.3) is 0 Å². The smallest absolute Gasteiger partial charge is 0.123 e. The van der Waals surface area contributed by atoms with E-state index >= 15 is 0 Å². The average Bonchev–Trinajstić information content (AvgIpc) is 2.16. The van der Waals surface area contributed by atoms with Crippen molar-refractivity contribution in [1.29, 1.82) is 0 Å². The van der Waals surface area contributed by atoms with E-state index in [0.717, 1.165) is 11.3 Å². The molecule has 0 aliphatic heterocycles. The molecule has 0 aliphatic rings. The molecule has 0 saturated heterocycles. The van der Waals surface area contributed by atoms with E-state index in [9.17, 15) is 4.39 Å². The number of halogens is 1. The minimum atomic E-state index is -0.216. The fourth-order valence-corrected chi connectivity index (χ4v) is 1.40. The van der Waals surface area contributed by atoms with E-state index in [-0.39, 0.29) is 11.7 Å². The molecule has 1 rings (SSSR count). The maximum atomic E-state index is 13.0. The molecule has 0 bridgehead atoms. The van der Waals surface area contributed by atoms with Gasteiger partial charge in [0, 0.05) is 0 Å². The van der Waals surface area contributed by atoms with Gasteiger partial charge in [-0.25, -0.2) is 4.39 Å². The predicted molar refractivity (Wildman–Crippen MR) is 57.5 cm³/mol. The van der Waals surface area contributed by atoms with Crippen LogP contribution >= 0.6 is 0 Å².